The molecule has 0 amide bonds. The van der Waals surface area contributed by atoms with Gasteiger partial charge in [0.25, 0.3) is 5.91 Å². The Morgan fingerprint density at radius 2 is 2.00 bits per heavy atom. The Morgan fingerprint density at radius 3 is 2.54 bits per heavy atom. The van der Waals surface area contributed by atoms with Crippen molar-refractivity contribution in [2.45, 2.75) is 32.3 Å². The Morgan fingerprint density at radius 1 is 1.29 bits per heavy atom. The quantitative estimate of drug-likeness (QED) is 0.892. The molecule has 3 aliphatic rings. The Hall–Kier alpha value is -2.41. The number of nitrogens with two attached hydrogens (primary N) is 1. The summed E-state index contributed by atoms with van der Waals surface area (Å²) < 4.78 is 11.8. The molecule has 1 spiro atoms. The maximum Gasteiger partial charge on any atom is 0.293 e. The molecule has 0 unspecified atom stereocenters. The van der Waals surface area contributed by atoms with Crippen molar-refractivity contribution in [1.82, 2.24) is 0 Å². The van der Waals surface area contributed by atoms with E-state index in [0.717, 1.165) is 5.56 Å². The number of ether oxygens (including phenoxy) is 2. The van der Waals surface area contributed by atoms with Crippen LogP contribution in [0, 0.1) is 38.9 Å². The molecule has 1 aromatic carbocycles. The number of fused-ring (bicyclic) bond motifs is 2. The van der Waals surface area contributed by atoms with Gasteiger partial charge in [-0.05, 0) is 18.9 Å². The molecule has 2 N–H and O–H groups in total. The zero-order valence-corrected chi connectivity index (χ0v) is 13.6. The molecule has 1 saturated carbocycles. The third-order valence-electron chi connectivity index (χ3n) is 5.89. The van der Waals surface area contributed by atoms with Crippen LogP contribution < -0.4 is 5.73 Å². The lowest BCUT2D eigenvalue weighted by Crippen LogP contribution is -2.41. The molecule has 2 fully saturated rings. The van der Waals surface area contributed by atoms with Crippen molar-refractivity contribution < 1.29 is 9.47 Å². The topological polar surface area (TPSA) is 104 Å². The van der Waals surface area contributed by atoms with Crippen molar-refractivity contribution in [2.75, 3.05) is 6.61 Å². The molecule has 1 aliphatic carbocycles. The van der Waals surface area contributed by atoms with Gasteiger partial charge in [0.2, 0.25) is 0 Å². The predicted molar refractivity (Wildman–Crippen MR) is 85.2 cm³/mol. The van der Waals surface area contributed by atoms with Crippen LogP contribution in [0.15, 0.2) is 35.3 Å². The highest BCUT2D eigenvalue weighted by Gasteiger charge is 2.99. The maximum atomic E-state index is 10.1. The van der Waals surface area contributed by atoms with Gasteiger partial charge in [0, 0.05) is 5.41 Å². The van der Waals surface area contributed by atoms with E-state index in [9.17, 15) is 10.5 Å². The summed E-state index contributed by atoms with van der Waals surface area (Å²) >= 11 is 0. The molecular formula is C18H18N4O2. The zero-order chi connectivity index (χ0) is 17.2. The summed E-state index contributed by atoms with van der Waals surface area (Å²) in [6.45, 7) is 4.09. The molecule has 0 aromatic heterocycles. The average Bonchev–Trinajstić information content (AvgIpc) is 2.77. The monoisotopic (exact) mass is 322 g/mol. The summed E-state index contributed by atoms with van der Waals surface area (Å²) in [4.78, 5) is 4.33. The van der Waals surface area contributed by atoms with Crippen molar-refractivity contribution >= 4 is 5.84 Å². The van der Waals surface area contributed by atoms with Crippen LogP contribution in [0.3, 0.4) is 0 Å². The third-order valence-corrected chi connectivity index (χ3v) is 5.89. The summed E-state index contributed by atoms with van der Waals surface area (Å²) in [5, 5.41) is 20.1. The number of rotatable bonds is 2. The van der Waals surface area contributed by atoms with Crippen molar-refractivity contribution in [1.29, 1.82) is 10.5 Å². The number of nitrogens with zero attached hydrogens (tertiary/aromatic N) is 3. The SMILES string of the molecule is C[C@H]1CO[C@]2(N=C(N)[C@@]3(C#N)[C@](C)(Cc4ccccc4)[C@@]23C#N)O1. The van der Waals surface area contributed by atoms with Gasteiger partial charge in [0.15, 0.2) is 5.41 Å². The van der Waals surface area contributed by atoms with E-state index in [1.165, 1.54) is 0 Å². The fourth-order valence-electron chi connectivity index (χ4n) is 4.81. The molecule has 1 saturated heterocycles. The van der Waals surface area contributed by atoms with Crippen LogP contribution in [-0.2, 0) is 15.9 Å². The van der Waals surface area contributed by atoms with E-state index in [4.69, 9.17) is 15.2 Å². The molecular weight excluding hydrogens is 304 g/mol. The second-order valence-electron chi connectivity index (χ2n) is 7.04. The Labute approximate surface area is 140 Å². The van der Waals surface area contributed by atoms with E-state index < -0.39 is 22.2 Å². The molecule has 24 heavy (non-hydrogen) atoms. The van der Waals surface area contributed by atoms with Gasteiger partial charge in [0.05, 0.1) is 24.8 Å². The molecule has 5 atom stereocenters. The van der Waals surface area contributed by atoms with Gasteiger partial charge < -0.3 is 15.2 Å². The first-order valence-corrected chi connectivity index (χ1v) is 7.97. The highest BCUT2D eigenvalue weighted by atomic mass is 16.8. The number of benzene rings is 1. The molecule has 6 heteroatoms. The molecule has 122 valence electrons. The van der Waals surface area contributed by atoms with Crippen LogP contribution in [0.25, 0.3) is 0 Å². The zero-order valence-electron chi connectivity index (χ0n) is 13.6. The van der Waals surface area contributed by atoms with Gasteiger partial charge in [-0.3, -0.25) is 0 Å². The first-order valence-electron chi connectivity index (χ1n) is 7.97. The molecule has 1 aromatic rings. The third kappa shape index (κ3) is 1.28. The summed E-state index contributed by atoms with van der Waals surface area (Å²) in [5.74, 6) is -1.34. The minimum atomic E-state index is -1.48. The highest BCUT2D eigenvalue weighted by molar-refractivity contribution is 6.00. The van der Waals surface area contributed by atoms with Crippen molar-refractivity contribution in [2.24, 2.45) is 27.0 Å². The number of amidine groups is 1. The lowest BCUT2D eigenvalue weighted by atomic mass is 9.85. The van der Waals surface area contributed by atoms with Crippen LogP contribution in [0.5, 0.6) is 0 Å². The summed E-state index contributed by atoms with van der Waals surface area (Å²) in [6.07, 6.45) is 0.316. The smallest absolute Gasteiger partial charge is 0.293 e. The van der Waals surface area contributed by atoms with Crippen molar-refractivity contribution in [3.8, 4) is 12.1 Å². The van der Waals surface area contributed by atoms with E-state index in [0.29, 0.717) is 13.0 Å². The van der Waals surface area contributed by atoms with Gasteiger partial charge in [-0.15, -0.1) is 0 Å². The Kier molecular flexibility index (Phi) is 2.75. The van der Waals surface area contributed by atoms with Crippen LogP contribution >= 0.6 is 0 Å². The molecule has 0 radical (unpaired) electrons. The Balaban J connectivity index is 1.87. The molecule has 2 heterocycles. The molecule has 4 rings (SSSR count). The second kappa shape index (κ2) is 4.36. The number of hydrogen-bond donors (Lipinski definition) is 1. The van der Waals surface area contributed by atoms with Crippen molar-refractivity contribution in [3.63, 3.8) is 0 Å². The number of aliphatic imine (C=N–C) groups is 1. The van der Waals surface area contributed by atoms with E-state index in [1.54, 1.807) is 0 Å². The summed E-state index contributed by atoms with van der Waals surface area (Å²) in [6, 6.07) is 14.4. The van der Waals surface area contributed by atoms with Gasteiger partial charge in [-0.2, -0.15) is 10.5 Å². The largest absolute Gasteiger partial charge is 0.386 e. The van der Waals surface area contributed by atoms with E-state index >= 15 is 0 Å². The maximum absolute atomic E-state index is 10.1. The minimum Gasteiger partial charge on any atom is -0.386 e. The fraction of sp³-hybridized carbons (Fsp3) is 0.500. The normalized spacial score (nSPS) is 45.3. The second-order valence-corrected chi connectivity index (χ2v) is 7.04. The van der Waals surface area contributed by atoms with E-state index in [2.05, 4.69) is 17.1 Å². The lowest BCUT2D eigenvalue weighted by molar-refractivity contribution is -0.199. The predicted octanol–water partition coefficient (Wildman–Crippen LogP) is 1.73. The van der Waals surface area contributed by atoms with Crippen LogP contribution in [0.2, 0.25) is 0 Å². The van der Waals surface area contributed by atoms with E-state index in [1.807, 2.05) is 44.2 Å². The van der Waals surface area contributed by atoms with Crippen LogP contribution in [-0.4, -0.2) is 24.5 Å². The van der Waals surface area contributed by atoms with Gasteiger partial charge in [-0.25, -0.2) is 4.99 Å². The molecule has 0 bridgehead atoms. The van der Waals surface area contributed by atoms with E-state index in [-0.39, 0.29) is 11.9 Å². The first-order chi connectivity index (χ1) is 11.4. The first kappa shape index (κ1) is 15.1. The van der Waals surface area contributed by atoms with Crippen LogP contribution in [0.4, 0.5) is 0 Å². The van der Waals surface area contributed by atoms with Gasteiger partial charge in [0.1, 0.15) is 11.3 Å². The average molecular weight is 322 g/mol. The fourth-order valence-corrected chi connectivity index (χ4v) is 4.81. The number of hydrogen-bond acceptors (Lipinski definition) is 6. The summed E-state index contributed by atoms with van der Waals surface area (Å²) in [7, 11) is 0. The van der Waals surface area contributed by atoms with Crippen molar-refractivity contribution in [3.05, 3.63) is 35.9 Å². The summed E-state index contributed by atoms with van der Waals surface area (Å²) in [5.41, 5.74) is 4.03. The van der Waals surface area contributed by atoms with Gasteiger partial charge >= 0.3 is 0 Å². The lowest BCUT2D eigenvalue weighted by Gasteiger charge is -2.29. The molecule has 2 aliphatic heterocycles. The standard InChI is InChI=1S/C18H18N4O2/c1-12-9-23-18(24-12)17(11-20)15(2,8-13-6-4-3-5-7-13)16(17,10-19)14(21)22-18/h3-7,12H,8-9H2,1-2H3,(H2,21,22)/t12-,15-,16-,17+,18-/m0/s1. The highest BCUT2D eigenvalue weighted by Crippen LogP contribution is 2.86. The minimum absolute atomic E-state index is 0.138. The van der Waals surface area contributed by atoms with Crippen LogP contribution in [0.1, 0.15) is 19.4 Å². The molecule has 6 nitrogen and oxygen atoms in total. The Bertz CT molecular complexity index is 826. The van der Waals surface area contributed by atoms with Gasteiger partial charge in [-0.1, -0.05) is 37.3 Å². The number of nitriles is 2.